The van der Waals surface area contributed by atoms with Crippen molar-refractivity contribution >= 4 is 5.97 Å². The van der Waals surface area contributed by atoms with Gasteiger partial charge in [-0.05, 0) is 6.92 Å². The van der Waals surface area contributed by atoms with Crippen molar-refractivity contribution in [1.82, 2.24) is 0 Å². The molecule has 0 aliphatic carbocycles. The summed E-state index contributed by atoms with van der Waals surface area (Å²) in [7, 11) is 0. The molecular weight excluding hydrogens is 132 g/mol. The molecule has 1 aliphatic rings. The van der Waals surface area contributed by atoms with E-state index in [2.05, 4.69) is 0 Å². The lowest BCUT2D eigenvalue weighted by molar-refractivity contribution is -0.146. The van der Waals surface area contributed by atoms with Crippen LogP contribution < -0.4 is 0 Å². The van der Waals surface area contributed by atoms with E-state index in [1.54, 1.807) is 6.92 Å². The monoisotopic (exact) mass is 144 g/mol. The molecule has 10 heavy (non-hydrogen) atoms. The highest BCUT2D eigenvalue weighted by Gasteiger charge is 2.33. The fourth-order valence-electron chi connectivity index (χ4n) is 0.788. The van der Waals surface area contributed by atoms with Crippen LogP contribution in [0.2, 0.25) is 0 Å². The largest absolute Gasteiger partial charge is 0.434 e. The van der Waals surface area contributed by atoms with Gasteiger partial charge in [-0.25, -0.2) is 4.79 Å². The third kappa shape index (κ3) is 1.29. The summed E-state index contributed by atoms with van der Waals surface area (Å²) in [5.74, 6) is -0.00685. The maximum absolute atomic E-state index is 10.7. The summed E-state index contributed by atoms with van der Waals surface area (Å²) >= 11 is 0. The minimum Gasteiger partial charge on any atom is -0.434 e. The van der Waals surface area contributed by atoms with Gasteiger partial charge in [0.2, 0.25) is 6.29 Å². The second-order valence-corrected chi connectivity index (χ2v) is 2.83. The zero-order valence-electron chi connectivity index (χ0n) is 6.46. The summed E-state index contributed by atoms with van der Waals surface area (Å²) in [6, 6.07) is 0. The molecule has 2 atom stereocenters. The number of hydrogen-bond acceptors (Lipinski definition) is 3. The number of ether oxygens (including phenoxy) is 2. The van der Waals surface area contributed by atoms with Crippen LogP contribution in [0.5, 0.6) is 0 Å². The van der Waals surface area contributed by atoms with Gasteiger partial charge in [-0.15, -0.1) is 0 Å². The van der Waals surface area contributed by atoms with E-state index in [1.807, 2.05) is 13.8 Å². The van der Waals surface area contributed by atoms with Crippen molar-refractivity contribution in [2.45, 2.75) is 33.2 Å². The van der Waals surface area contributed by atoms with E-state index in [4.69, 9.17) is 9.47 Å². The van der Waals surface area contributed by atoms with Crippen molar-refractivity contribution < 1.29 is 14.3 Å². The van der Waals surface area contributed by atoms with E-state index in [1.165, 1.54) is 0 Å². The van der Waals surface area contributed by atoms with E-state index in [-0.39, 0.29) is 24.3 Å². The number of hydrogen-bond donors (Lipinski definition) is 0. The predicted octanol–water partition coefficient (Wildman–Crippen LogP) is 0.930. The first-order valence-electron chi connectivity index (χ1n) is 3.47. The number of carbonyl (C=O) groups excluding carboxylic acids is 1. The predicted molar refractivity (Wildman–Crippen MR) is 35.3 cm³/mol. The standard InChI is InChI=1S/C7H12O3/c1-4(2)7-9-5(3)6(8)10-7/h4-5,7H,1-3H3/t5-,7-/m0/s1. The number of esters is 1. The second-order valence-electron chi connectivity index (χ2n) is 2.83. The van der Waals surface area contributed by atoms with Gasteiger partial charge in [0.1, 0.15) is 0 Å². The molecule has 0 bridgehead atoms. The van der Waals surface area contributed by atoms with Crippen LogP contribution in [-0.4, -0.2) is 18.4 Å². The summed E-state index contributed by atoms with van der Waals surface area (Å²) in [6.45, 7) is 5.61. The number of carbonyl (C=O) groups is 1. The van der Waals surface area contributed by atoms with Crippen LogP contribution in [0.25, 0.3) is 0 Å². The van der Waals surface area contributed by atoms with E-state index in [9.17, 15) is 4.79 Å². The Hall–Kier alpha value is -0.570. The Morgan fingerprint density at radius 1 is 1.50 bits per heavy atom. The highest BCUT2D eigenvalue weighted by Crippen LogP contribution is 2.18. The van der Waals surface area contributed by atoms with Gasteiger partial charge in [-0.2, -0.15) is 0 Å². The van der Waals surface area contributed by atoms with E-state index < -0.39 is 0 Å². The highest BCUT2D eigenvalue weighted by molar-refractivity contribution is 5.75. The van der Waals surface area contributed by atoms with E-state index in [0.717, 1.165) is 0 Å². The molecule has 1 rings (SSSR count). The highest BCUT2D eigenvalue weighted by atomic mass is 16.8. The van der Waals surface area contributed by atoms with Crippen molar-refractivity contribution in [3.63, 3.8) is 0 Å². The molecule has 58 valence electrons. The molecule has 0 radical (unpaired) electrons. The summed E-state index contributed by atoms with van der Waals surface area (Å²) in [5, 5.41) is 0. The average Bonchev–Trinajstić information content (AvgIpc) is 2.13. The zero-order valence-corrected chi connectivity index (χ0v) is 6.46. The lowest BCUT2D eigenvalue weighted by Crippen LogP contribution is -2.16. The fraction of sp³-hybridized carbons (Fsp3) is 0.857. The lowest BCUT2D eigenvalue weighted by atomic mass is 10.2. The van der Waals surface area contributed by atoms with Gasteiger partial charge < -0.3 is 9.47 Å². The summed E-state index contributed by atoms with van der Waals surface area (Å²) < 4.78 is 10.0. The smallest absolute Gasteiger partial charge is 0.337 e. The first kappa shape index (κ1) is 7.54. The van der Waals surface area contributed by atoms with Gasteiger partial charge in [-0.1, -0.05) is 13.8 Å². The van der Waals surface area contributed by atoms with Crippen molar-refractivity contribution in [2.24, 2.45) is 5.92 Å². The third-order valence-electron chi connectivity index (χ3n) is 1.45. The van der Waals surface area contributed by atoms with Gasteiger partial charge in [0.25, 0.3) is 0 Å². The van der Waals surface area contributed by atoms with Crippen molar-refractivity contribution in [3.8, 4) is 0 Å². The van der Waals surface area contributed by atoms with Crippen LogP contribution in [0.1, 0.15) is 20.8 Å². The molecule has 1 fully saturated rings. The number of rotatable bonds is 1. The van der Waals surface area contributed by atoms with Crippen LogP contribution in [0, 0.1) is 5.92 Å². The Morgan fingerprint density at radius 2 is 2.10 bits per heavy atom. The Morgan fingerprint density at radius 3 is 2.30 bits per heavy atom. The molecule has 1 saturated heterocycles. The van der Waals surface area contributed by atoms with Crippen molar-refractivity contribution in [2.75, 3.05) is 0 Å². The van der Waals surface area contributed by atoms with E-state index >= 15 is 0 Å². The molecule has 0 spiro atoms. The molecular formula is C7H12O3. The zero-order chi connectivity index (χ0) is 7.72. The molecule has 0 amide bonds. The molecule has 0 aromatic rings. The fourth-order valence-corrected chi connectivity index (χ4v) is 0.788. The average molecular weight is 144 g/mol. The first-order valence-corrected chi connectivity index (χ1v) is 3.47. The topological polar surface area (TPSA) is 35.5 Å². The summed E-state index contributed by atoms with van der Waals surface area (Å²) in [4.78, 5) is 10.7. The lowest BCUT2D eigenvalue weighted by Gasteiger charge is -2.11. The van der Waals surface area contributed by atoms with E-state index in [0.29, 0.717) is 0 Å². The van der Waals surface area contributed by atoms with Crippen LogP contribution >= 0.6 is 0 Å². The van der Waals surface area contributed by atoms with Crippen molar-refractivity contribution in [3.05, 3.63) is 0 Å². The third-order valence-corrected chi connectivity index (χ3v) is 1.45. The molecule has 3 heteroatoms. The Balaban J connectivity index is 2.49. The van der Waals surface area contributed by atoms with Crippen LogP contribution in [0.3, 0.4) is 0 Å². The maximum Gasteiger partial charge on any atom is 0.337 e. The van der Waals surface area contributed by atoms with Gasteiger partial charge >= 0.3 is 5.97 Å². The summed E-state index contributed by atoms with van der Waals surface area (Å²) in [6.07, 6.45) is -0.713. The van der Waals surface area contributed by atoms with Crippen molar-refractivity contribution in [1.29, 1.82) is 0 Å². The summed E-state index contributed by atoms with van der Waals surface area (Å²) in [5.41, 5.74) is 0. The minimum absolute atomic E-state index is 0.244. The van der Waals surface area contributed by atoms with Gasteiger partial charge in [0.05, 0.1) is 0 Å². The van der Waals surface area contributed by atoms with Gasteiger partial charge in [0.15, 0.2) is 6.10 Å². The normalized spacial score (nSPS) is 33.0. The van der Waals surface area contributed by atoms with Gasteiger partial charge in [0, 0.05) is 5.92 Å². The molecule has 0 unspecified atom stereocenters. The first-order chi connectivity index (χ1) is 4.61. The maximum atomic E-state index is 10.7. The molecule has 0 aromatic carbocycles. The molecule has 0 saturated carbocycles. The quantitative estimate of drug-likeness (QED) is 0.513. The molecule has 1 aliphatic heterocycles. The number of cyclic esters (lactones) is 1. The SMILES string of the molecule is CC(C)[C@@H]1OC(=O)[C@H](C)O1. The van der Waals surface area contributed by atoms with Crippen LogP contribution in [0.15, 0.2) is 0 Å². The molecule has 0 N–H and O–H groups in total. The van der Waals surface area contributed by atoms with Crippen LogP contribution in [0.4, 0.5) is 0 Å². The van der Waals surface area contributed by atoms with Gasteiger partial charge in [-0.3, -0.25) is 0 Å². The van der Waals surface area contributed by atoms with Crippen LogP contribution in [-0.2, 0) is 14.3 Å². The molecule has 0 aromatic heterocycles. The molecule has 3 nitrogen and oxygen atoms in total. The molecule has 1 heterocycles. The Labute approximate surface area is 60.3 Å². The minimum atomic E-state index is -0.382. The Kier molecular flexibility index (Phi) is 1.94. The second kappa shape index (κ2) is 2.58. The Bertz CT molecular complexity index is 142.